The average molecular weight is 437 g/mol. The van der Waals surface area contributed by atoms with Crippen LogP contribution in [0.4, 0.5) is 5.82 Å². The Morgan fingerprint density at radius 3 is 2.59 bits per heavy atom. The fourth-order valence-electron chi connectivity index (χ4n) is 3.81. The highest BCUT2D eigenvalue weighted by Crippen LogP contribution is 2.22. The molecule has 2 aromatic heterocycles. The predicted molar refractivity (Wildman–Crippen MR) is 122 cm³/mol. The van der Waals surface area contributed by atoms with Gasteiger partial charge in [-0.25, -0.2) is 4.98 Å². The molecule has 3 amide bonds. The molecular weight excluding hydrogens is 408 g/mol. The first-order valence-corrected chi connectivity index (χ1v) is 10.7. The first-order chi connectivity index (χ1) is 15.4. The van der Waals surface area contributed by atoms with Gasteiger partial charge >= 0.3 is 0 Å². The van der Waals surface area contributed by atoms with E-state index in [9.17, 15) is 14.4 Å². The summed E-state index contributed by atoms with van der Waals surface area (Å²) in [5, 5.41) is 7.62. The van der Waals surface area contributed by atoms with Crippen molar-refractivity contribution >= 4 is 34.4 Å². The highest BCUT2D eigenvalue weighted by molar-refractivity contribution is 6.04. The number of anilines is 1. The number of aromatic nitrogens is 3. The van der Waals surface area contributed by atoms with Crippen LogP contribution in [0.25, 0.3) is 10.9 Å². The second kappa shape index (κ2) is 10.0. The molecule has 1 atom stereocenters. The Labute approximate surface area is 186 Å². The van der Waals surface area contributed by atoms with Crippen LogP contribution in [0.15, 0.2) is 42.5 Å². The van der Waals surface area contributed by atoms with E-state index in [0.29, 0.717) is 29.7 Å². The Balaban J connectivity index is 0.00000141. The highest BCUT2D eigenvalue weighted by atomic mass is 16.2. The maximum absolute atomic E-state index is 13.0. The molecule has 0 spiro atoms. The summed E-state index contributed by atoms with van der Waals surface area (Å²) in [6.45, 7) is 6.25. The van der Waals surface area contributed by atoms with Crippen molar-refractivity contribution in [1.82, 2.24) is 19.7 Å². The summed E-state index contributed by atoms with van der Waals surface area (Å²) in [5.41, 5.74) is 6.98. The van der Waals surface area contributed by atoms with Crippen molar-refractivity contribution in [3.05, 3.63) is 53.9 Å². The number of hydrogen-bond donors (Lipinski definition) is 2. The Morgan fingerprint density at radius 2 is 1.88 bits per heavy atom. The molecule has 1 fully saturated rings. The van der Waals surface area contributed by atoms with Gasteiger partial charge in [-0.05, 0) is 38.0 Å². The average Bonchev–Trinajstić information content (AvgIpc) is 3.41. The van der Waals surface area contributed by atoms with Gasteiger partial charge in [-0.3, -0.25) is 19.1 Å². The Hall–Kier alpha value is -3.75. The maximum Gasteiger partial charge on any atom is 0.269 e. The SMILES string of the molecule is CC.Cc1cccc(NC(=O)C2CCCN2C(=O)Cn2nc(C(N)=O)c3ccccc32)n1. The van der Waals surface area contributed by atoms with Gasteiger partial charge in [-0.2, -0.15) is 5.10 Å². The van der Waals surface area contributed by atoms with Crippen LogP contribution < -0.4 is 11.1 Å². The van der Waals surface area contributed by atoms with Crippen LogP contribution in [0, 0.1) is 6.92 Å². The quantitative estimate of drug-likeness (QED) is 0.636. The Bertz CT molecular complexity index is 1140. The third-order valence-electron chi connectivity index (χ3n) is 5.19. The molecule has 3 N–H and O–H groups in total. The van der Waals surface area contributed by atoms with Crippen LogP contribution in [0.5, 0.6) is 0 Å². The van der Waals surface area contributed by atoms with Crippen LogP contribution in [-0.2, 0) is 16.1 Å². The number of nitrogens with one attached hydrogen (secondary N) is 1. The van der Waals surface area contributed by atoms with E-state index in [-0.39, 0.29) is 24.1 Å². The van der Waals surface area contributed by atoms with Crippen molar-refractivity contribution < 1.29 is 14.4 Å². The lowest BCUT2D eigenvalue weighted by atomic mass is 10.2. The van der Waals surface area contributed by atoms with Crippen molar-refractivity contribution in [1.29, 1.82) is 0 Å². The fourth-order valence-corrected chi connectivity index (χ4v) is 3.81. The van der Waals surface area contributed by atoms with E-state index >= 15 is 0 Å². The second-order valence-electron chi connectivity index (χ2n) is 7.29. The number of hydrogen-bond acceptors (Lipinski definition) is 5. The zero-order valence-electron chi connectivity index (χ0n) is 18.5. The smallest absolute Gasteiger partial charge is 0.269 e. The monoisotopic (exact) mass is 436 g/mol. The summed E-state index contributed by atoms with van der Waals surface area (Å²) in [4.78, 5) is 43.3. The zero-order chi connectivity index (χ0) is 23.3. The van der Waals surface area contributed by atoms with Crippen LogP contribution in [0.1, 0.15) is 42.9 Å². The van der Waals surface area contributed by atoms with Gasteiger partial charge in [0.25, 0.3) is 5.91 Å². The number of nitrogens with two attached hydrogens (primary N) is 1. The van der Waals surface area contributed by atoms with E-state index in [1.165, 1.54) is 4.68 Å². The topological polar surface area (TPSA) is 123 Å². The van der Waals surface area contributed by atoms with Gasteiger partial charge in [0.1, 0.15) is 18.4 Å². The lowest BCUT2D eigenvalue weighted by molar-refractivity contribution is -0.137. The molecule has 1 aromatic carbocycles. The third-order valence-corrected chi connectivity index (χ3v) is 5.19. The molecule has 0 aliphatic carbocycles. The lowest BCUT2D eigenvalue weighted by Gasteiger charge is -2.24. The van der Waals surface area contributed by atoms with Crippen molar-refractivity contribution in [2.75, 3.05) is 11.9 Å². The minimum absolute atomic E-state index is 0.0831. The van der Waals surface area contributed by atoms with E-state index < -0.39 is 11.9 Å². The van der Waals surface area contributed by atoms with Gasteiger partial charge in [-0.1, -0.05) is 38.1 Å². The summed E-state index contributed by atoms with van der Waals surface area (Å²) in [6.07, 6.45) is 1.31. The minimum atomic E-state index is -0.651. The largest absolute Gasteiger partial charge is 0.364 e. The number of para-hydroxylation sites is 1. The molecule has 9 nitrogen and oxygen atoms in total. The van der Waals surface area contributed by atoms with Crippen molar-refractivity contribution in [3.63, 3.8) is 0 Å². The summed E-state index contributed by atoms with van der Waals surface area (Å²) in [7, 11) is 0. The number of carbonyl (C=O) groups excluding carboxylic acids is 3. The normalized spacial score (nSPS) is 15.2. The first kappa shape index (κ1) is 22.9. The summed E-state index contributed by atoms with van der Waals surface area (Å²) in [5.74, 6) is -0.693. The molecule has 0 radical (unpaired) electrons. The summed E-state index contributed by atoms with van der Waals surface area (Å²) in [6, 6.07) is 11.9. The molecule has 3 aromatic rings. The number of rotatable bonds is 5. The van der Waals surface area contributed by atoms with Gasteiger partial charge in [0.05, 0.1) is 5.52 Å². The van der Waals surface area contributed by atoms with Crippen LogP contribution in [0.2, 0.25) is 0 Å². The maximum atomic E-state index is 13.0. The number of pyridine rings is 1. The van der Waals surface area contributed by atoms with E-state index in [2.05, 4.69) is 15.4 Å². The number of fused-ring (bicyclic) bond motifs is 1. The Kier molecular flexibility index (Phi) is 7.19. The molecule has 0 saturated carbocycles. The molecule has 4 rings (SSSR count). The summed E-state index contributed by atoms with van der Waals surface area (Å²) >= 11 is 0. The van der Waals surface area contributed by atoms with Crippen molar-refractivity contribution in [2.45, 2.75) is 46.2 Å². The van der Waals surface area contributed by atoms with E-state index in [1.807, 2.05) is 32.9 Å². The lowest BCUT2D eigenvalue weighted by Crippen LogP contribution is -2.44. The number of primary amides is 1. The third kappa shape index (κ3) is 4.77. The van der Waals surface area contributed by atoms with E-state index in [0.717, 1.165) is 12.1 Å². The van der Waals surface area contributed by atoms with Gasteiger partial charge in [0, 0.05) is 17.6 Å². The molecular formula is C23H28N6O3. The molecule has 1 aliphatic rings. The van der Waals surface area contributed by atoms with Crippen LogP contribution in [0.3, 0.4) is 0 Å². The van der Waals surface area contributed by atoms with Gasteiger partial charge < -0.3 is 16.0 Å². The molecule has 1 unspecified atom stereocenters. The van der Waals surface area contributed by atoms with Crippen molar-refractivity contribution in [3.8, 4) is 0 Å². The summed E-state index contributed by atoms with van der Waals surface area (Å²) < 4.78 is 1.47. The number of benzene rings is 1. The standard InChI is InChI=1S/C21H22N6O3.C2H6/c1-13-6-4-10-17(23-13)24-21(30)16-9-5-11-26(16)18(28)12-27-15-8-3-2-7-14(15)19(25-27)20(22)29;1-2/h2-4,6-8,10,16H,5,9,11-12H2,1H3,(H2,22,29)(H,23,24,30);1-2H3. The predicted octanol–water partition coefficient (Wildman–Crippen LogP) is 2.49. The van der Waals surface area contributed by atoms with Crippen LogP contribution in [-0.4, -0.2) is 50.0 Å². The molecule has 168 valence electrons. The molecule has 1 aliphatic heterocycles. The molecule has 1 saturated heterocycles. The van der Waals surface area contributed by atoms with Crippen LogP contribution >= 0.6 is 0 Å². The van der Waals surface area contributed by atoms with E-state index in [4.69, 9.17) is 5.73 Å². The van der Waals surface area contributed by atoms with E-state index in [1.54, 1.807) is 35.2 Å². The zero-order valence-corrected chi connectivity index (χ0v) is 18.5. The van der Waals surface area contributed by atoms with Gasteiger partial charge in [0.15, 0.2) is 5.69 Å². The Morgan fingerprint density at radius 1 is 1.12 bits per heavy atom. The van der Waals surface area contributed by atoms with Crippen molar-refractivity contribution in [2.24, 2.45) is 5.73 Å². The fraction of sp³-hybridized carbons (Fsp3) is 0.348. The molecule has 3 heterocycles. The van der Waals surface area contributed by atoms with Gasteiger partial charge in [-0.15, -0.1) is 0 Å². The number of likely N-dealkylation sites (tertiary alicyclic amines) is 1. The second-order valence-corrected chi connectivity index (χ2v) is 7.29. The number of amides is 3. The number of carbonyl (C=O) groups is 3. The van der Waals surface area contributed by atoms with Gasteiger partial charge in [0.2, 0.25) is 11.8 Å². The minimum Gasteiger partial charge on any atom is -0.364 e. The number of nitrogens with zero attached hydrogens (tertiary/aromatic N) is 4. The molecule has 9 heteroatoms. The first-order valence-electron chi connectivity index (χ1n) is 10.7. The molecule has 32 heavy (non-hydrogen) atoms. The number of aryl methyl sites for hydroxylation is 1. The highest BCUT2D eigenvalue weighted by Gasteiger charge is 2.34. The molecule has 0 bridgehead atoms.